The standard InChI is InChI=1S/C12H20N4.C12H19N3O/c1-10(2)15-5-11-3-4-14-16(11)9-12(8-15)6-13-7-12;1-10(2)14-5-11-3-4-13-15(11)7-12(6-14)8-16-9-12/h3-4,10,13H,5-9H2,1-2H3;3-4,10H,5-9H2,1-2H3. The fourth-order valence-corrected chi connectivity index (χ4v) is 5.40. The van der Waals surface area contributed by atoms with Crippen molar-refractivity contribution < 1.29 is 4.74 Å². The smallest absolute Gasteiger partial charge is 0.0575 e. The highest BCUT2D eigenvalue weighted by Crippen LogP contribution is 2.34. The molecule has 2 aromatic rings. The summed E-state index contributed by atoms with van der Waals surface area (Å²) in [6, 6.07) is 5.48. The molecule has 6 heterocycles. The molecule has 0 unspecified atom stereocenters. The summed E-state index contributed by atoms with van der Waals surface area (Å²) in [5, 5.41) is 12.3. The van der Waals surface area contributed by atoms with Gasteiger partial charge in [-0.2, -0.15) is 10.2 Å². The third-order valence-corrected chi connectivity index (χ3v) is 7.66. The molecule has 32 heavy (non-hydrogen) atoms. The Morgan fingerprint density at radius 2 is 1.28 bits per heavy atom. The average molecular weight is 442 g/mol. The van der Waals surface area contributed by atoms with Gasteiger partial charge in [0.1, 0.15) is 0 Å². The van der Waals surface area contributed by atoms with Crippen LogP contribution in [0.15, 0.2) is 24.5 Å². The summed E-state index contributed by atoms with van der Waals surface area (Å²) >= 11 is 0. The molecule has 8 heteroatoms. The Morgan fingerprint density at radius 3 is 1.69 bits per heavy atom. The van der Waals surface area contributed by atoms with Crippen molar-refractivity contribution in [2.75, 3.05) is 39.4 Å². The Hall–Kier alpha value is -1.74. The minimum Gasteiger partial charge on any atom is -0.380 e. The van der Waals surface area contributed by atoms with Crippen molar-refractivity contribution in [3.8, 4) is 0 Å². The van der Waals surface area contributed by atoms with Crippen LogP contribution in [-0.4, -0.2) is 80.8 Å². The quantitative estimate of drug-likeness (QED) is 0.767. The van der Waals surface area contributed by atoms with E-state index in [4.69, 9.17) is 4.74 Å². The monoisotopic (exact) mass is 441 g/mol. The van der Waals surface area contributed by atoms with Gasteiger partial charge in [0, 0.05) is 74.6 Å². The van der Waals surface area contributed by atoms with E-state index in [2.05, 4.69) is 74.5 Å². The maximum Gasteiger partial charge on any atom is 0.0575 e. The SMILES string of the molecule is CC(C)N1Cc2ccnn2CC2(CNC2)C1.CC(C)N1Cc2ccnn2CC2(COC2)C1. The summed E-state index contributed by atoms with van der Waals surface area (Å²) < 4.78 is 9.78. The summed E-state index contributed by atoms with van der Waals surface area (Å²) in [5.41, 5.74) is 3.42. The molecule has 0 atom stereocenters. The Bertz CT molecular complexity index is 835. The van der Waals surface area contributed by atoms with Crippen LogP contribution in [0.2, 0.25) is 0 Å². The highest BCUT2D eigenvalue weighted by atomic mass is 16.5. The molecule has 6 rings (SSSR count). The first-order valence-electron chi connectivity index (χ1n) is 12.2. The number of ether oxygens (including phenoxy) is 1. The van der Waals surface area contributed by atoms with Crippen LogP contribution in [0.3, 0.4) is 0 Å². The van der Waals surface area contributed by atoms with Gasteiger partial charge in [0.2, 0.25) is 0 Å². The van der Waals surface area contributed by atoms with Gasteiger partial charge in [0.15, 0.2) is 0 Å². The molecule has 2 fully saturated rings. The van der Waals surface area contributed by atoms with E-state index < -0.39 is 0 Å². The summed E-state index contributed by atoms with van der Waals surface area (Å²) in [7, 11) is 0. The largest absolute Gasteiger partial charge is 0.380 e. The van der Waals surface area contributed by atoms with Crippen LogP contribution in [0.1, 0.15) is 39.1 Å². The highest BCUT2D eigenvalue weighted by molar-refractivity contribution is 5.08. The lowest BCUT2D eigenvalue weighted by Crippen LogP contribution is -2.60. The van der Waals surface area contributed by atoms with Crippen molar-refractivity contribution in [3.63, 3.8) is 0 Å². The second-order valence-electron chi connectivity index (χ2n) is 11.1. The van der Waals surface area contributed by atoms with Crippen molar-refractivity contribution >= 4 is 0 Å². The first-order chi connectivity index (χ1) is 15.4. The number of rotatable bonds is 2. The van der Waals surface area contributed by atoms with Crippen molar-refractivity contribution in [1.82, 2.24) is 34.7 Å². The Morgan fingerprint density at radius 1 is 0.781 bits per heavy atom. The molecule has 2 saturated heterocycles. The van der Waals surface area contributed by atoms with Crippen LogP contribution >= 0.6 is 0 Å². The Labute approximate surface area is 191 Å². The number of nitrogens with one attached hydrogen (secondary N) is 1. The molecule has 1 N–H and O–H groups in total. The molecule has 4 aliphatic rings. The maximum atomic E-state index is 5.42. The molecule has 0 bridgehead atoms. The fourth-order valence-electron chi connectivity index (χ4n) is 5.40. The minimum atomic E-state index is 0.307. The molecule has 0 aromatic carbocycles. The number of hydrogen-bond acceptors (Lipinski definition) is 6. The summed E-state index contributed by atoms with van der Waals surface area (Å²) in [6.45, 7) is 19.6. The molecule has 4 aliphatic heterocycles. The maximum absolute atomic E-state index is 5.42. The van der Waals surface area contributed by atoms with Crippen LogP contribution in [0.25, 0.3) is 0 Å². The highest BCUT2D eigenvalue weighted by Gasteiger charge is 2.43. The third-order valence-electron chi connectivity index (χ3n) is 7.66. The second-order valence-corrected chi connectivity index (χ2v) is 11.1. The Balaban J connectivity index is 0.000000135. The van der Waals surface area contributed by atoms with E-state index in [0.29, 0.717) is 22.9 Å². The van der Waals surface area contributed by atoms with Gasteiger partial charge >= 0.3 is 0 Å². The van der Waals surface area contributed by atoms with Gasteiger partial charge in [-0.1, -0.05) is 0 Å². The molecule has 0 amide bonds. The van der Waals surface area contributed by atoms with Gasteiger partial charge in [-0.15, -0.1) is 0 Å². The van der Waals surface area contributed by atoms with Gasteiger partial charge in [-0.25, -0.2) is 0 Å². The minimum absolute atomic E-state index is 0.307. The van der Waals surface area contributed by atoms with Gasteiger partial charge in [-0.3, -0.25) is 19.2 Å². The molecule has 8 nitrogen and oxygen atoms in total. The molecule has 0 saturated carbocycles. The van der Waals surface area contributed by atoms with E-state index in [0.717, 1.165) is 59.0 Å². The van der Waals surface area contributed by atoms with Crippen LogP contribution in [0, 0.1) is 10.8 Å². The van der Waals surface area contributed by atoms with Crippen LogP contribution in [0.4, 0.5) is 0 Å². The molecular weight excluding hydrogens is 402 g/mol. The predicted octanol–water partition coefficient (Wildman–Crippen LogP) is 1.82. The van der Waals surface area contributed by atoms with Crippen LogP contribution in [0.5, 0.6) is 0 Å². The van der Waals surface area contributed by atoms with Crippen LogP contribution in [-0.2, 0) is 30.9 Å². The van der Waals surface area contributed by atoms with Crippen molar-refractivity contribution in [2.45, 2.75) is 66.0 Å². The third kappa shape index (κ3) is 4.25. The van der Waals surface area contributed by atoms with E-state index in [1.54, 1.807) is 0 Å². The van der Waals surface area contributed by atoms with Gasteiger partial charge in [0.05, 0.1) is 37.7 Å². The lowest BCUT2D eigenvalue weighted by atomic mass is 9.81. The van der Waals surface area contributed by atoms with Gasteiger partial charge in [0.25, 0.3) is 0 Å². The zero-order valence-corrected chi connectivity index (χ0v) is 20.1. The summed E-state index contributed by atoms with van der Waals surface area (Å²) in [4.78, 5) is 5.10. The zero-order chi connectivity index (χ0) is 22.3. The number of aromatic nitrogens is 4. The van der Waals surface area contributed by atoms with E-state index in [1.165, 1.54) is 17.9 Å². The molecule has 176 valence electrons. The average Bonchev–Trinajstić information content (AvgIpc) is 3.23. The van der Waals surface area contributed by atoms with E-state index in [1.807, 2.05) is 12.4 Å². The number of nitrogens with zero attached hydrogens (tertiary/aromatic N) is 6. The number of hydrogen-bond donors (Lipinski definition) is 1. The zero-order valence-electron chi connectivity index (χ0n) is 20.1. The predicted molar refractivity (Wildman–Crippen MR) is 124 cm³/mol. The summed E-state index contributed by atoms with van der Waals surface area (Å²) in [6.07, 6.45) is 3.84. The molecule has 0 aliphatic carbocycles. The fraction of sp³-hybridized carbons (Fsp3) is 0.750. The van der Waals surface area contributed by atoms with E-state index in [-0.39, 0.29) is 0 Å². The lowest BCUT2D eigenvalue weighted by Gasteiger charge is -2.44. The van der Waals surface area contributed by atoms with Crippen molar-refractivity contribution in [2.24, 2.45) is 10.8 Å². The topological polar surface area (TPSA) is 63.4 Å². The molecular formula is C24H39N7O. The Kier molecular flexibility index (Phi) is 5.90. The lowest BCUT2D eigenvalue weighted by molar-refractivity contribution is -0.135. The van der Waals surface area contributed by atoms with Crippen LogP contribution < -0.4 is 5.32 Å². The second kappa shape index (κ2) is 8.56. The number of fused-ring (bicyclic) bond motifs is 2. The first kappa shape index (κ1) is 22.1. The van der Waals surface area contributed by atoms with Gasteiger partial charge in [-0.05, 0) is 39.8 Å². The molecule has 0 radical (unpaired) electrons. The summed E-state index contributed by atoms with van der Waals surface area (Å²) in [5.74, 6) is 0. The first-order valence-corrected chi connectivity index (χ1v) is 12.2. The molecule has 2 aromatic heterocycles. The normalized spacial score (nSPS) is 24.2. The van der Waals surface area contributed by atoms with E-state index >= 15 is 0 Å². The van der Waals surface area contributed by atoms with E-state index in [9.17, 15) is 0 Å². The van der Waals surface area contributed by atoms with Gasteiger partial charge < -0.3 is 10.1 Å². The molecule has 2 spiro atoms. The van der Waals surface area contributed by atoms with Crippen molar-refractivity contribution in [3.05, 3.63) is 35.9 Å². The van der Waals surface area contributed by atoms with Crippen molar-refractivity contribution in [1.29, 1.82) is 0 Å².